The SMILES string of the molecule is CC(CC(=O)NCC(c1ccccc1)c1ccccc1)c1ccccc1. The molecule has 0 saturated carbocycles. The van der Waals surface area contributed by atoms with Gasteiger partial charge in [0.15, 0.2) is 0 Å². The van der Waals surface area contributed by atoms with E-state index in [1.807, 2.05) is 54.6 Å². The Hall–Kier alpha value is -2.87. The lowest BCUT2D eigenvalue weighted by atomic mass is 9.91. The largest absolute Gasteiger partial charge is 0.355 e. The highest BCUT2D eigenvalue weighted by atomic mass is 16.1. The third-order valence-electron chi connectivity index (χ3n) is 4.77. The minimum Gasteiger partial charge on any atom is -0.355 e. The first-order valence-electron chi connectivity index (χ1n) is 9.15. The summed E-state index contributed by atoms with van der Waals surface area (Å²) in [6.07, 6.45) is 0.500. The standard InChI is InChI=1S/C24H25NO/c1-19(20-11-5-2-6-12-20)17-24(26)25-18-23(21-13-7-3-8-14-21)22-15-9-4-10-16-22/h2-16,19,23H,17-18H2,1H3,(H,25,26). The van der Waals surface area contributed by atoms with E-state index >= 15 is 0 Å². The van der Waals surface area contributed by atoms with Crippen LogP contribution in [0.2, 0.25) is 0 Å². The highest BCUT2D eigenvalue weighted by molar-refractivity contribution is 5.77. The summed E-state index contributed by atoms with van der Waals surface area (Å²) in [6, 6.07) is 30.9. The minimum atomic E-state index is 0.0956. The van der Waals surface area contributed by atoms with Crippen molar-refractivity contribution in [1.82, 2.24) is 5.32 Å². The maximum Gasteiger partial charge on any atom is 0.220 e. The van der Waals surface area contributed by atoms with Crippen LogP contribution < -0.4 is 5.32 Å². The molecule has 132 valence electrons. The monoisotopic (exact) mass is 343 g/mol. The third-order valence-corrected chi connectivity index (χ3v) is 4.77. The van der Waals surface area contributed by atoms with Gasteiger partial charge < -0.3 is 5.32 Å². The predicted octanol–water partition coefficient (Wildman–Crippen LogP) is 5.13. The maximum atomic E-state index is 12.5. The first-order chi connectivity index (χ1) is 12.7. The Morgan fingerprint density at radius 3 is 1.62 bits per heavy atom. The number of carbonyl (C=O) groups is 1. The molecule has 2 heteroatoms. The molecule has 1 atom stereocenters. The molecule has 0 heterocycles. The van der Waals surface area contributed by atoms with E-state index in [1.54, 1.807) is 0 Å². The van der Waals surface area contributed by atoms with Crippen LogP contribution in [0.15, 0.2) is 91.0 Å². The van der Waals surface area contributed by atoms with Gasteiger partial charge in [0.1, 0.15) is 0 Å². The molecule has 0 aliphatic carbocycles. The third kappa shape index (κ3) is 4.82. The molecule has 0 aromatic heterocycles. The van der Waals surface area contributed by atoms with Gasteiger partial charge in [0.05, 0.1) is 0 Å². The van der Waals surface area contributed by atoms with Gasteiger partial charge >= 0.3 is 0 Å². The topological polar surface area (TPSA) is 29.1 Å². The van der Waals surface area contributed by atoms with E-state index in [9.17, 15) is 4.79 Å². The van der Waals surface area contributed by atoms with Crippen LogP contribution in [-0.4, -0.2) is 12.5 Å². The number of hydrogen-bond acceptors (Lipinski definition) is 1. The van der Waals surface area contributed by atoms with Crippen LogP contribution in [-0.2, 0) is 4.79 Å². The van der Waals surface area contributed by atoms with Crippen LogP contribution in [0.1, 0.15) is 41.9 Å². The Morgan fingerprint density at radius 2 is 1.15 bits per heavy atom. The zero-order chi connectivity index (χ0) is 18.2. The molecular weight excluding hydrogens is 318 g/mol. The smallest absolute Gasteiger partial charge is 0.220 e. The van der Waals surface area contributed by atoms with E-state index in [1.165, 1.54) is 16.7 Å². The highest BCUT2D eigenvalue weighted by Gasteiger charge is 2.16. The molecule has 0 spiro atoms. The molecule has 1 amide bonds. The fourth-order valence-electron chi connectivity index (χ4n) is 3.26. The second-order valence-electron chi connectivity index (χ2n) is 6.69. The van der Waals surface area contributed by atoms with Crippen molar-refractivity contribution in [3.05, 3.63) is 108 Å². The number of amides is 1. The molecule has 1 N–H and O–H groups in total. The first-order valence-corrected chi connectivity index (χ1v) is 9.15. The lowest BCUT2D eigenvalue weighted by Crippen LogP contribution is -2.29. The van der Waals surface area contributed by atoms with Crippen molar-refractivity contribution < 1.29 is 4.79 Å². The quantitative estimate of drug-likeness (QED) is 0.633. The van der Waals surface area contributed by atoms with E-state index in [2.05, 4.69) is 48.6 Å². The molecule has 0 fully saturated rings. The fraction of sp³-hybridized carbons (Fsp3) is 0.208. The van der Waals surface area contributed by atoms with Crippen molar-refractivity contribution in [1.29, 1.82) is 0 Å². The summed E-state index contributed by atoms with van der Waals surface area (Å²) in [5.74, 6) is 0.467. The van der Waals surface area contributed by atoms with E-state index in [0.29, 0.717) is 13.0 Å². The average molecular weight is 343 g/mol. The molecule has 0 radical (unpaired) electrons. The number of carbonyl (C=O) groups excluding carboxylic acids is 1. The number of nitrogens with one attached hydrogen (secondary N) is 1. The Bertz CT molecular complexity index is 760. The summed E-state index contributed by atoms with van der Waals surface area (Å²) >= 11 is 0. The van der Waals surface area contributed by atoms with Crippen molar-refractivity contribution in [2.24, 2.45) is 0 Å². The van der Waals surface area contributed by atoms with Crippen LogP contribution in [0.25, 0.3) is 0 Å². The molecule has 0 aliphatic heterocycles. The minimum absolute atomic E-state index is 0.0956. The molecule has 2 nitrogen and oxygen atoms in total. The van der Waals surface area contributed by atoms with Gasteiger partial charge in [0.2, 0.25) is 5.91 Å². The summed E-state index contributed by atoms with van der Waals surface area (Å²) in [5.41, 5.74) is 3.63. The molecule has 3 aromatic carbocycles. The first kappa shape index (κ1) is 17.9. The molecule has 3 aromatic rings. The summed E-state index contributed by atoms with van der Waals surface area (Å²) < 4.78 is 0. The average Bonchev–Trinajstić information content (AvgIpc) is 2.70. The number of hydrogen-bond donors (Lipinski definition) is 1. The van der Waals surface area contributed by atoms with Gasteiger partial charge in [-0.15, -0.1) is 0 Å². The van der Waals surface area contributed by atoms with E-state index in [-0.39, 0.29) is 17.7 Å². The van der Waals surface area contributed by atoms with Gasteiger partial charge in [-0.25, -0.2) is 0 Å². The van der Waals surface area contributed by atoms with Crippen molar-refractivity contribution in [3.63, 3.8) is 0 Å². The lowest BCUT2D eigenvalue weighted by Gasteiger charge is -2.19. The fourth-order valence-corrected chi connectivity index (χ4v) is 3.26. The zero-order valence-corrected chi connectivity index (χ0v) is 15.1. The van der Waals surface area contributed by atoms with E-state index in [4.69, 9.17) is 0 Å². The van der Waals surface area contributed by atoms with Crippen LogP contribution >= 0.6 is 0 Å². The predicted molar refractivity (Wildman–Crippen MR) is 107 cm³/mol. The highest BCUT2D eigenvalue weighted by Crippen LogP contribution is 2.24. The summed E-state index contributed by atoms with van der Waals surface area (Å²) in [6.45, 7) is 2.70. The summed E-state index contributed by atoms with van der Waals surface area (Å²) in [5, 5.41) is 3.14. The van der Waals surface area contributed by atoms with Crippen molar-refractivity contribution in [2.75, 3.05) is 6.54 Å². The van der Waals surface area contributed by atoms with Crippen molar-refractivity contribution >= 4 is 5.91 Å². The molecule has 1 unspecified atom stereocenters. The Morgan fingerprint density at radius 1 is 0.731 bits per heavy atom. The van der Waals surface area contributed by atoms with Crippen LogP contribution in [0, 0.1) is 0 Å². The number of benzene rings is 3. The molecule has 0 saturated heterocycles. The van der Waals surface area contributed by atoms with E-state index in [0.717, 1.165) is 0 Å². The van der Waals surface area contributed by atoms with Gasteiger partial charge in [0.25, 0.3) is 0 Å². The maximum absolute atomic E-state index is 12.5. The van der Waals surface area contributed by atoms with Crippen molar-refractivity contribution in [2.45, 2.75) is 25.2 Å². The Labute approximate surface area is 155 Å². The van der Waals surface area contributed by atoms with E-state index < -0.39 is 0 Å². The molecule has 3 rings (SSSR count). The molecule has 0 aliphatic rings. The van der Waals surface area contributed by atoms with Crippen LogP contribution in [0.4, 0.5) is 0 Å². The van der Waals surface area contributed by atoms with Gasteiger partial charge in [-0.3, -0.25) is 4.79 Å². The van der Waals surface area contributed by atoms with Crippen LogP contribution in [0.5, 0.6) is 0 Å². The lowest BCUT2D eigenvalue weighted by molar-refractivity contribution is -0.121. The molecular formula is C24H25NO. The summed E-state index contributed by atoms with van der Waals surface area (Å²) in [7, 11) is 0. The zero-order valence-electron chi connectivity index (χ0n) is 15.1. The molecule has 26 heavy (non-hydrogen) atoms. The van der Waals surface area contributed by atoms with Crippen LogP contribution in [0.3, 0.4) is 0 Å². The second kappa shape index (κ2) is 9.00. The van der Waals surface area contributed by atoms with Gasteiger partial charge in [0, 0.05) is 18.9 Å². The van der Waals surface area contributed by atoms with Gasteiger partial charge in [-0.1, -0.05) is 97.9 Å². The Kier molecular flexibility index (Phi) is 6.21. The van der Waals surface area contributed by atoms with Gasteiger partial charge in [-0.05, 0) is 22.6 Å². The second-order valence-corrected chi connectivity index (χ2v) is 6.69. The van der Waals surface area contributed by atoms with Crippen molar-refractivity contribution in [3.8, 4) is 0 Å². The Balaban J connectivity index is 1.65. The number of rotatable bonds is 7. The molecule has 0 bridgehead atoms. The summed E-state index contributed by atoms with van der Waals surface area (Å²) in [4.78, 5) is 12.5. The normalized spacial score (nSPS) is 11.9. The van der Waals surface area contributed by atoms with Gasteiger partial charge in [-0.2, -0.15) is 0 Å².